The lowest BCUT2D eigenvalue weighted by atomic mass is 9.79. The molecule has 0 spiro atoms. The number of aromatic nitrogens is 2. The fourth-order valence-corrected chi connectivity index (χ4v) is 4.19. The number of nitrogens with one attached hydrogen (secondary N) is 1. The number of ether oxygens (including phenoxy) is 2. The maximum atomic E-state index is 11.3. The average molecular weight is 660 g/mol. The number of aromatic amines is 1. The van der Waals surface area contributed by atoms with Crippen molar-refractivity contribution < 1.29 is 28.4 Å². The number of halogens is 1. The molecule has 0 amide bonds. The monoisotopic (exact) mass is 659 g/mol. The Morgan fingerprint density at radius 2 is 1.52 bits per heavy atom. The molecule has 226 valence electrons. The van der Waals surface area contributed by atoms with Crippen molar-refractivity contribution in [3.8, 4) is 11.1 Å². The minimum atomic E-state index is -0.450. The highest BCUT2D eigenvalue weighted by molar-refractivity contribution is 9.10. The van der Waals surface area contributed by atoms with Crippen LogP contribution in [0.1, 0.15) is 48.4 Å². The molecule has 13 heteroatoms. The summed E-state index contributed by atoms with van der Waals surface area (Å²) < 4.78 is 21.5. The molecule has 2 aromatic carbocycles. The van der Waals surface area contributed by atoms with Gasteiger partial charge in [-0.2, -0.15) is 5.10 Å². The van der Waals surface area contributed by atoms with Crippen molar-refractivity contribution in [1.82, 2.24) is 10.2 Å². The normalized spacial score (nSPS) is 15.4. The van der Waals surface area contributed by atoms with E-state index >= 15 is 0 Å². The van der Waals surface area contributed by atoms with Crippen LogP contribution >= 0.6 is 15.9 Å². The molecule has 1 fully saturated rings. The molecule has 1 saturated heterocycles. The van der Waals surface area contributed by atoms with Gasteiger partial charge in [0, 0.05) is 33.6 Å². The van der Waals surface area contributed by atoms with E-state index in [9.17, 15) is 9.59 Å². The molecule has 11 nitrogen and oxygen atoms in total. The van der Waals surface area contributed by atoms with E-state index in [0.717, 1.165) is 23.1 Å². The lowest BCUT2D eigenvalue weighted by molar-refractivity contribution is 0.00578. The Bertz CT molecular complexity index is 1640. The van der Waals surface area contributed by atoms with E-state index in [1.807, 2.05) is 12.3 Å². The first kappa shape index (κ1) is 33.9. The van der Waals surface area contributed by atoms with E-state index in [2.05, 4.69) is 78.0 Å². The minimum absolute atomic E-state index is 0.244. The SMILES string of the molecule is CC1(C)OB(C2=CCN=C2)OC1(C)C.[C-]#[N+]c1cc(C(=O)OC)ccc1-c1cn[nH]c1.[C-]#[N+]c1cc(C(=O)OC)ccc1Br. The molecule has 0 unspecified atom stereocenters. The fourth-order valence-electron chi connectivity index (χ4n) is 3.86. The zero-order valence-electron chi connectivity index (χ0n) is 25.2. The van der Waals surface area contributed by atoms with Gasteiger partial charge in [-0.15, -0.1) is 0 Å². The minimum Gasteiger partial charge on any atom is -0.465 e. The van der Waals surface area contributed by atoms with Crippen LogP contribution in [0, 0.1) is 13.1 Å². The first-order valence-corrected chi connectivity index (χ1v) is 14.1. The van der Waals surface area contributed by atoms with E-state index < -0.39 is 11.9 Å². The predicted octanol–water partition coefficient (Wildman–Crippen LogP) is 6.83. The highest BCUT2D eigenvalue weighted by Crippen LogP contribution is 2.38. The Kier molecular flexibility index (Phi) is 11.4. The van der Waals surface area contributed by atoms with Gasteiger partial charge in [0.1, 0.15) is 0 Å². The molecule has 0 bridgehead atoms. The largest absolute Gasteiger partial charge is 0.496 e. The Balaban J connectivity index is 0.000000182. The van der Waals surface area contributed by atoms with Gasteiger partial charge in [0.05, 0.1) is 51.3 Å². The van der Waals surface area contributed by atoms with Crippen LogP contribution in [0.4, 0.5) is 11.4 Å². The van der Waals surface area contributed by atoms with Gasteiger partial charge < -0.3 is 18.8 Å². The van der Waals surface area contributed by atoms with Crippen LogP contribution in [-0.2, 0) is 18.8 Å². The van der Waals surface area contributed by atoms with E-state index in [-0.39, 0.29) is 18.3 Å². The van der Waals surface area contributed by atoms with Crippen molar-refractivity contribution in [2.24, 2.45) is 4.99 Å². The van der Waals surface area contributed by atoms with Crippen LogP contribution in [0.25, 0.3) is 20.8 Å². The molecule has 2 aliphatic rings. The van der Waals surface area contributed by atoms with Gasteiger partial charge >= 0.3 is 19.1 Å². The van der Waals surface area contributed by atoms with E-state index in [0.29, 0.717) is 27.0 Å². The number of aliphatic imine (C=N–C) groups is 1. The van der Waals surface area contributed by atoms with Crippen molar-refractivity contribution in [1.29, 1.82) is 0 Å². The number of esters is 2. The third kappa shape index (κ3) is 8.08. The van der Waals surface area contributed by atoms with Crippen molar-refractivity contribution in [3.05, 3.63) is 98.8 Å². The second-order valence-corrected chi connectivity index (χ2v) is 11.2. The third-order valence-corrected chi connectivity index (χ3v) is 7.70. The summed E-state index contributed by atoms with van der Waals surface area (Å²) in [6.45, 7) is 22.9. The molecule has 5 rings (SSSR count). The average Bonchev–Trinajstić information content (AvgIpc) is 3.79. The topological polar surface area (TPSA) is 121 Å². The van der Waals surface area contributed by atoms with Gasteiger partial charge in [-0.05, 0) is 63.0 Å². The van der Waals surface area contributed by atoms with Crippen LogP contribution in [0.15, 0.2) is 69.8 Å². The smallest absolute Gasteiger partial charge is 0.465 e. The molecule has 0 aliphatic carbocycles. The summed E-state index contributed by atoms with van der Waals surface area (Å²) in [5.41, 5.74) is 3.64. The van der Waals surface area contributed by atoms with Gasteiger partial charge in [0.2, 0.25) is 5.69 Å². The maximum Gasteiger partial charge on any atom is 0.496 e. The molecule has 44 heavy (non-hydrogen) atoms. The summed E-state index contributed by atoms with van der Waals surface area (Å²) in [5, 5.41) is 6.51. The summed E-state index contributed by atoms with van der Waals surface area (Å²) in [7, 11) is 2.37. The van der Waals surface area contributed by atoms with Gasteiger partial charge in [0.15, 0.2) is 5.69 Å². The summed E-state index contributed by atoms with van der Waals surface area (Å²) in [6, 6.07) is 9.60. The molecule has 0 atom stereocenters. The molecule has 0 radical (unpaired) electrons. The van der Waals surface area contributed by atoms with Crippen LogP contribution in [0.5, 0.6) is 0 Å². The zero-order valence-corrected chi connectivity index (χ0v) is 26.8. The van der Waals surface area contributed by atoms with E-state index in [4.69, 9.17) is 22.5 Å². The number of carbonyl (C=O) groups is 2. The second-order valence-electron chi connectivity index (χ2n) is 10.4. The standard InChI is InChI=1S/C12H9N3O2.C10H16BNO2.C9H6BrNO2/c1-13-11-5-8(12(16)17-2)3-4-10(11)9-6-14-15-7-9;1-9(2)10(3,4)14-11(13-9)8-5-6-12-7-8;1-11-8-5-6(9(12)13-2)3-4-7(8)10/h3-7H,2H3,(H,14,15);5,7H,6H2,1-4H3;3-5H,2H3. The van der Waals surface area contributed by atoms with Crippen molar-refractivity contribution in [3.63, 3.8) is 0 Å². The first-order chi connectivity index (χ1) is 20.9. The summed E-state index contributed by atoms with van der Waals surface area (Å²) in [5.74, 6) is -0.883. The van der Waals surface area contributed by atoms with E-state index in [1.165, 1.54) is 26.4 Å². The Morgan fingerprint density at radius 1 is 0.955 bits per heavy atom. The number of hydrogen-bond donors (Lipinski definition) is 1. The lowest BCUT2D eigenvalue weighted by Crippen LogP contribution is -2.41. The zero-order chi connectivity index (χ0) is 32.5. The quantitative estimate of drug-likeness (QED) is 0.185. The molecule has 2 aliphatic heterocycles. The molecule has 3 heterocycles. The lowest BCUT2D eigenvalue weighted by Gasteiger charge is -2.32. The third-order valence-electron chi connectivity index (χ3n) is 7.03. The number of rotatable bonds is 4. The number of H-pyrrole nitrogens is 1. The van der Waals surface area contributed by atoms with E-state index in [1.54, 1.807) is 36.7 Å². The van der Waals surface area contributed by atoms with Crippen molar-refractivity contribution >= 4 is 52.6 Å². The Hall–Kier alpha value is -4.56. The highest BCUT2D eigenvalue weighted by Gasteiger charge is 2.52. The molecule has 1 aromatic heterocycles. The van der Waals surface area contributed by atoms with Crippen LogP contribution in [-0.4, -0.2) is 67.4 Å². The summed E-state index contributed by atoms with van der Waals surface area (Å²) in [6.07, 6.45) is 7.20. The fraction of sp³-hybridized carbons (Fsp3) is 0.290. The Labute approximate surface area is 265 Å². The summed E-state index contributed by atoms with van der Waals surface area (Å²) in [4.78, 5) is 33.2. The number of methoxy groups -OCH3 is 2. The number of benzene rings is 2. The van der Waals surface area contributed by atoms with Gasteiger partial charge in [0.25, 0.3) is 0 Å². The number of carbonyl (C=O) groups excluding carboxylic acids is 2. The molecule has 3 aromatic rings. The Morgan fingerprint density at radius 3 is 2.00 bits per heavy atom. The molecular formula is C31H31BBrN5O6. The maximum absolute atomic E-state index is 11.3. The predicted molar refractivity (Wildman–Crippen MR) is 171 cm³/mol. The van der Waals surface area contributed by atoms with Crippen molar-refractivity contribution in [2.75, 3.05) is 20.8 Å². The van der Waals surface area contributed by atoms with Crippen LogP contribution in [0.2, 0.25) is 0 Å². The van der Waals surface area contributed by atoms with Crippen LogP contribution < -0.4 is 0 Å². The van der Waals surface area contributed by atoms with Crippen molar-refractivity contribution in [2.45, 2.75) is 38.9 Å². The van der Waals surface area contributed by atoms with Gasteiger partial charge in [-0.25, -0.2) is 19.3 Å². The first-order valence-electron chi connectivity index (χ1n) is 13.3. The molecular weight excluding hydrogens is 629 g/mol. The summed E-state index contributed by atoms with van der Waals surface area (Å²) >= 11 is 3.20. The second kappa shape index (κ2) is 14.8. The molecule has 1 N–H and O–H groups in total. The number of nitrogens with zero attached hydrogens (tertiary/aromatic N) is 4. The highest BCUT2D eigenvalue weighted by atomic mass is 79.9. The number of allylic oxidation sites excluding steroid dienone is 1. The number of hydrogen-bond acceptors (Lipinski definition) is 8. The molecule has 0 saturated carbocycles. The van der Waals surface area contributed by atoms with Gasteiger partial charge in [-0.3, -0.25) is 10.1 Å². The van der Waals surface area contributed by atoms with Crippen LogP contribution in [0.3, 0.4) is 0 Å². The van der Waals surface area contributed by atoms with Gasteiger partial charge in [-0.1, -0.05) is 34.1 Å².